The molecule has 0 saturated heterocycles. The van der Waals surface area contributed by atoms with Crippen LogP contribution in [0.1, 0.15) is 5.56 Å². The van der Waals surface area contributed by atoms with Crippen LogP contribution < -0.4 is 0 Å². The quantitative estimate of drug-likeness (QED) is 0.748. The van der Waals surface area contributed by atoms with E-state index in [1.54, 1.807) is 29.4 Å². The van der Waals surface area contributed by atoms with Crippen molar-refractivity contribution in [3.8, 4) is 0 Å². The molecule has 3 rings (SSSR count). The Morgan fingerprint density at radius 2 is 2.00 bits per heavy atom. The number of carbonyl (C=O) groups is 1. The van der Waals surface area contributed by atoms with E-state index < -0.39 is 5.97 Å². The Balaban J connectivity index is 1.84. The molecule has 20 heavy (non-hydrogen) atoms. The fraction of sp³-hybridized carbons (Fsp3) is 0.0714. The lowest BCUT2D eigenvalue weighted by molar-refractivity contribution is -0.136. The number of aliphatic carboxylic acids is 1. The zero-order valence-electron chi connectivity index (χ0n) is 10.3. The predicted octanol–water partition coefficient (Wildman–Crippen LogP) is 3.47. The highest BCUT2D eigenvalue weighted by atomic mass is 32.2. The van der Waals surface area contributed by atoms with E-state index in [0.29, 0.717) is 0 Å². The first kappa shape index (κ1) is 13.1. The third kappa shape index (κ3) is 2.81. The maximum Gasteiger partial charge on any atom is 0.307 e. The Hall–Kier alpha value is -1.92. The second-order valence-corrected chi connectivity index (χ2v) is 6.11. The minimum Gasteiger partial charge on any atom is -0.481 e. The highest BCUT2D eigenvalue weighted by Gasteiger charge is 2.07. The summed E-state index contributed by atoms with van der Waals surface area (Å²) in [6, 6.07) is 9.49. The lowest BCUT2D eigenvalue weighted by Crippen LogP contribution is -1.99. The van der Waals surface area contributed by atoms with Gasteiger partial charge >= 0.3 is 5.97 Å². The Morgan fingerprint density at radius 3 is 2.75 bits per heavy atom. The smallest absolute Gasteiger partial charge is 0.307 e. The minimum absolute atomic E-state index is 0.0492. The van der Waals surface area contributed by atoms with Crippen molar-refractivity contribution >= 4 is 39.3 Å². The van der Waals surface area contributed by atoms with Crippen molar-refractivity contribution < 1.29 is 9.90 Å². The molecular weight excluding hydrogens is 292 g/mol. The maximum absolute atomic E-state index is 10.6. The van der Waals surface area contributed by atoms with Crippen LogP contribution in [0.2, 0.25) is 0 Å². The third-order valence-electron chi connectivity index (χ3n) is 2.70. The lowest BCUT2D eigenvalue weighted by Gasteiger charge is -2.03. The number of carboxylic acids is 1. The first-order valence-corrected chi connectivity index (χ1v) is 7.59. The molecule has 1 N–H and O–H groups in total. The van der Waals surface area contributed by atoms with E-state index in [-0.39, 0.29) is 6.42 Å². The van der Waals surface area contributed by atoms with Gasteiger partial charge in [-0.25, -0.2) is 9.97 Å². The molecular formula is C14H10N2O2S2. The van der Waals surface area contributed by atoms with Crippen molar-refractivity contribution in [2.24, 2.45) is 0 Å². The predicted molar refractivity (Wildman–Crippen MR) is 79.3 cm³/mol. The van der Waals surface area contributed by atoms with E-state index in [9.17, 15) is 4.79 Å². The van der Waals surface area contributed by atoms with E-state index >= 15 is 0 Å². The zero-order chi connectivity index (χ0) is 13.9. The van der Waals surface area contributed by atoms with Crippen molar-refractivity contribution in [1.82, 2.24) is 9.97 Å². The monoisotopic (exact) mass is 302 g/mol. The SMILES string of the molecule is O=C(O)Cc1ccc(Sc2ncnc3ccsc23)cc1. The molecule has 2 heterocycles. The number of rotatable bonds is 4. The molecule has 0 radical (unpaired) electrons. The molecule has 4 nitrogen and oxygen atoms in total. The largest absolute Gasteiger partial charge is 0.481 e. The summed E-state index contributed by atoms with van der Waals surface area (Å²) in [4.78, 5) is 20.2. The van der Waals surface area contributed by atoms with E-state index in [4.69, 9.17) is 5.11 Å². The van der Waals surface area contributed by atoms with Gasteiger partial charge in [-0.05, 0) is 29.1 Å². The summed E-state index contributed by atoms with van der Waals surface area (Å²) in [6.45, 7) is 0. The van der Waals surface area contributed by atoms with Crippen molar-refractivity contribution in [1.29, 1.82) is 0 Å². The molecule has 3 aromatic rings. The molecule has 0 aliphatic rings. The summed E-state index contributed by atoms with van der Waals surface area (Å²) in [5, 5.41) is 11.7. The van der Waals surface area contributed by atoms with Crippen molar-refractivity contribution in [3.05, 3.63) is 47.6 Å². The highest BCUT2D eigenvalue weighted by Crippen LogP contribution is 2.33. The second-order valence-electron chi connectivity index (χ2n) is 4.13. The Kier molecular flexibility index (Phi) is 3.66. The van der Waals surface area contributed by atoms with Crippen molar-refractivity contribution in [2.75, 3.05) is 0 Å². The number of carboxylic acid groups (broad SMARTS) is 1. The highest BCUT2D eigenvalue weighted by molar-refractivity contribution is 7.99. The maximum atomic E-state index is 10.6. The van der Waals surface area contributed by atoms with Gasteiger partial charge in [0, 0.05) is 4.90 Å². The van der Waals surface area contributed by atoms with Crippen LogP contribution in [0.4, 0.5) is 0 Å². The van der Waals surface area contributed by atoms with Gasteiger partial charge in [-0.2, -0.15) is 0 Å². The minimum atomic E-state index is -0.818. The first-order chi connectivity index (χ1) is 9.72. The fourth-order valence-corrected chi connectivity index (χ4v) is 3.59. The van der Waals surface area contributed by atoms with Crippen molar-refractivity contribution in [2.45, 2.75) is 16.3 Å². The molecule has 6 heteroatoms. The molecule has 0 aliphatic heterocycles. The van der Waals surface area contributed by atoms with Crippen LogP contribution >= 0.6 is 23.1 Å². The number of aromatic nitrogens is 2. The van der Waals surface area contributed by atoms with E-state index in [0.717, 1.165) is 25.7 Å². The van der Waals surface area contributed by atoms with Crippen LogP contribution in [-0.2, 0) is 11.2 Å². The van der Waals surface area contributed by atoms with Crippen LogP contribution in [0.3, 0.4) is 0 Å². The molecule has 0 fully saturated rings. The summed E-state index contributed by atoms with van der Waals surface area (Å²) in [5.41, 5.74) is 1.75. The van der Waals surface area contributed by atoms with Gasteiger partial charge in [0.25, 0.3) is 0 Å². The number of benzene rings is 1. The molecule has 0 amide bonds. The number of nitrogens with zero attached hydrogens (tertiary/aromatic N) is 2. The Labute approximate surface area is 123 Å². The molecule has 0 aliphatic carbocycles. The van der Waals surface area contributed by atoms with E-state index in [1.807, 2.05) is 35.7 Å². The van der Waals surface area contributed by atoms with Gasteiger partial charge in [0.15, 0.2) is 0 Å². The summed E-state index contributed by atoms with van der Waals surface area (Å²) in [7, 11) is 0. The van der Waals surface area contributed by atoms with Gasteiger partial charge in [0.1, 0.15) is 11.4 Å². The average molecular weight is 302 g/mol. The number of fused-ring (bicyclic) bond motifs is 1. The van der Waals surface area contributed by atoms with E-state index in [2.05, 4.69) is 9.97 Å². The number of hydrogen-bond donors (Lipinski definition) is 1. The van der Waals surface area contributed by atoms with Gasteiger partial charge in [0.2, 0.25) is 0 Å². The number of thiophene rings is 1. The zero-order valence-corrected chi connectivity index (χ0v) is 11.9. The summed E-state index contributed by atoms with van der Waals surface area (Å²) >= 11 is 3.18. The van der Waals surface area contributed by atoms with E-state index in [1.165, 1.54) is 0 Å². The molecule has 0 saturated carbocycles. The van der Waals surface area contributed by atoms with Gasteiger partial charge in [-0.1, -0.05) is 23.9 Å². The lowest BCUT2D eigenvalue weighted by atomic mass is 10.2. The average Bonchev–Trinajstić information content (AvgIpc) is 2.90. The van der Waals surface area contributed by atoms with Crippen LogP contribution in [0, 0.1) is 0 Å². The second kappa shape index (κ2) is 5.60. The summed E-state index contributed by atoms with van der Waals surface area (Å²) in [6.07, 6.45) is 1.61. The van der Waals surface area contributed by atoms with Crippen LogP contribution in [0.5, 0.6) is 0 Å². The molecule has 0 bridgehead atoms. The number of hydrogen-bond acceptors (Lipinski definition) is 5. The van der Waals surface area contributed by atoms with Crippen LogP contribution in [0.25, 0.3) is 10.2 Å². The first-order valence-electron chi connectivity index (χ1n) is 5.89. The standard InChI is InChI=1S/C14H10N2O2S2/c17-12(18)7-9-1-3-10(4-2-9)20-14-13-11(5-6-19-13)15-8-16-14/h1-6,8H,7H2,(H,17,18). The molecule has 2 aromatic heterocycles. The topological polar surface area (TPSA) is 63.1 Å². The normalized spacial score (nSPS) is 10.8. The summed E-state index contributed by atoms with van der Waals surface area (Å²) < 4.78 is 1.08. The molecule has 0 atom stereocenters. The van der Waals surface area contributed by atoms with Crippen LogP contribution in [-0.4, -0.2) is 21.0 Å². The summed E-state index contributed by atoms with van der Waals surface area (Å²) in [5.74, 6) is -0.818. The van der Waals surface area contributed by atoms with Gasteiger partial charge in [-0.15, -0.1) is 11.3 Å². The Morgan fingerprint density at radius 1 is 1.20 bits per heavy atom. The molecule has 100 valence electrons. The Bertz CT molecular complexity index is 753. The fourth-order valence-electron chi connectivity index (χ4n) is 1.80. The molecule has 0 spiro atoms. The van der Waals surface area contributed by atoms with Gasteiger partial charge < -0.3 is 5.11 Å². The van der Waals surface area contributed by atoms with Crippen molar-refractivity contribution in [3.63, 3.8) is 0 Å². The molecule has 1 aromatic carbocycles. The van der Waals surface area contributed by atoms with Gasteiger partial charge in [-0.3, -0.25) is 4.79 Å². The molecule has 0 unspecified atom stereocenters. The van der Waals surface area contributed by atoms with Gasteiger partial charge in [0.05, 0.1) is 16.6 Å². The van der Waals surface area contributed by atoms with Crippen LogP contribution in [0.15, 0.2) is 52.0 Å². The third-order valence-corrected chi connectivity index (χ3v) is 4.75.